The molecule has 1 aliphatic rings. The second kappa shape index (κ2) is 7.43. The van der Waals surface area contributed by atoms with E-state index in [1.54, 1.807) is 0 Å². The van der Waals surface area contributed by atoms with Gasteiger partial charge in [-0.2, -0.15) is 0 Å². The van der Waals surface area contributed by atoms with E-state index in [1.807, 2.05) is 6.07 Å². The van der Waals surface area contributed by atoms with Crippen LogP contribution in [0.2, 0.25) is 0 Å². The first-order valence-corrected chi connectivity index (χ1v) is 9.64. The van der Waals surface area contributed by atoms with Crippen LogP contribution in [0.25, 0.3) is 0 Å². The molecule has 0 saturated heterocycles. The van der Waals surface area contributed by atoms with Crippen molar-refractivity contribution in [2.45, 2.75) is 27.7 Å². The summed E-state index contributed by atoms with van der Waals surface area (Å²) in [4.78, 5) is 12.1. The fourth-order valence-corrected chi connectivity index (χ4v) is 3.69. The summed E-state index contributed by atoms with van der Waals surface area (Å²) in [7, 11) is 0. The number of aryl methyl sites for hydroxylation is 4. The van der Waals surface area contributed by atoms with E-state index >= 15 is 0 Å². The quantitative estimate of drug-likeness (QED) is 0.593. The third-order valence-electron chi connectivity index (χ3n) is 5.14. The zero-order valence-electron chi connectivity index (χ0n) is 16.9. The van der Waals surface area contributed by atoms with Gasteiger partial charge < -0.3 is 4.90 Å². The molecule has 0 amide bonds. The molecule has 0 saturated carbocycles. The van der Waals surface area contributed by atoms with Gasteiger partial charge in [-0.25, -0.2) is 9.98 Å². The molecule has 3 heteroatoms. The van der Waals surface area contributed by atoms with Gasteiger partial charge in [0.25, 0.3) is 0 Å². The molecule has 3 aromatic rings. The van der Waals surface area contributed by atoms with Crippen LogP contribution in [0.15, 0.2) is 76.7 Å². The van der Waals surface area contributed by atoms with E-state index in [0.717, 1.165) is 28.5 Å². The zero-order valence-corrected chi connectivity index (χ0v) is 16.9. The van der Waals surface area contributed by atoms with Crippen molar-refractivity contribution in [3.63, 3.8) is 0 Å². The Balaban J connectivity index is 1.85. The Kier molecular flexibility index (Phi) is 4.82. The van der Waals surface area contributed by atoms with Gasteiger partial charge in [0, 0.05) is 16.8 Å². The Morgan fingerprint density at radius 3 is 1.93 bits per heavy atom. The lowest BCUT2D eigenvalue weighted by Gasteiger charge is -2.29. The maximum atomic E-state index is 5.05. The molecule has 0 spiro atoms. The lowest BCUT2D eigenvalue weighted by Crippen LogP contribution is -2.36. The maximum Gasteiger partial charge on any atom is 0.159 e. The normalized spacial score (nSPS) is 13.9. The molecule has 0 aliphatic carbocycles. The van der Waals surface area contributed by atoms with Gasteiger partial charge in [0.2, 0.25) is 0 Å². The van der Waals surface area contributed by atoms with Crippen molar-refractivity contribution in [3.05, 3.63) is 100 Å². The van der Waals surface area contributed by atoms with Crippen molar-refractivity contribution in [1.82, 2.24) is 0 Å². The van der Waals surface area contributed by atoms with Crippen molar-refractivity contribution in [2.75, 3.05) is 11.6 Å². The molecule has 140 valence electrons. The van der Waals surface area contributed by atoms with Crippen LogP contribution in [0.5, 0.6) is 0 Å². The molecule has 0 N–H and O–H groups in total. The summed E-state index contributed by atoms with van der Waals surface area (Å²) in [5.41, 5.74) is 8.28. The monoisotopic (exact) mass is 367 g/mol. The number of anilines is 1. The van der Waals surface area contributed by atoms with Gasteiger partial charge in [0.1, 0.15) is 12.5 Å². The zero-order chi connectivity index (χ0) is 19.7. The van der Waals surface area contributed by atoms with Crippen LogP contribution < -0.4 is 4.90 Å². The Bertz CT molecular complexity index is 1080. The molecule has 0 unspecified atom stereocenters. The van der Waals surface area contributed by atoms with E-state index in [1.165, 1.54) is 22.3 Å². The standard InChI is InChI=1S/C25H25N3/c1-17-10-12-22(19(3)14-17)24-26-16-28(21-8-6-5-7-9-21)25(27-24)23-13-11-18(2)15-20(23)4/h5-15H,16H2,1-4H3. The van der Waals surface area contributed by atoms with Gasteiger partial charge in [0.15, 0.2) is 5.84 Å². The first-order valence-electron chi connectivity index (χ1n) is 9.64. The molecule has 0 bridgehead atoms. The van der Waals surface area contributed by atoms with Gasteiger partial charge in [-0.1, -0.05) is 65.7 Å². The third kappa shape index (κ3) is 3.48. The summed E-state index contributed by atoms with van der Waals surface area (Å²) in [6.07, 6.45) is 0. The van der Waals surface area contributed by atoms with Gasteiger partial charge in [-0.15, -0.1) is 0 Å². The largest absolute Gasteiger partial charge is 0.306 e. The SMILES string of the molecule is Cc1ccc(C2=NCN(c3ccccc3)C(c3ccc(C)cc3C)=N2)c(C)c1. The van der Waals surface area contributed by atoms with Crippen molar-refractivity contribution in [1.29, 1.82) is 0 Å². The number of hydrogen-bond donors (Lipinski definition) is 0. The average Bonchev–Trinajstić information content (AvgIpc) is 2.68. The molecule has 1 aliphatic heterocycles. The first-order chi connectivity index (χ1) is 13.5. The maximum absolute atomic E-state index is 5.05. The molecular weight excluding hydrogens is 342 g/mol. The second-order valence-electron chi connectivity index (χ2n) is 7.46. The average molecular weight is 367 g/mol. The predicted molar refractivity (Wildman–Crippen MR) is 119 cm³/mol. The summed E-state index contributed by atoms with van der Waals surface area (Å²) < 4.78 is 0. The lowest BCUT2D eigenvalue weighted by molar-refractivity contribution is 0.983. The minimum Gasteiger partial charge on any atom is -0.306 e. The molecule has 0 radical (unpaired) electrons. The highest BCUT2D eigenvalue weighted by Gasteiger charge is 2.23. The lowest BCUT2D eigenvalue weighted by atomic mass is 10.0. The van der Waals surface area contributed by atoms with Gasteiger partial charge >= 0.3 is 0 Å². The smallest absolute Gasteiger partial charge is 0.159 e. The molecule has 0 atom stereocenters. The number of hydrogen-bond acceptors (Lipinski definition) is 3. The van der Waals surface area contributed by atoms with Crippen LogP contribution in [0.1, 0.15) is 33.4 Å². The molecule has 0 fully saturated rings. The third-order valence-corrected chi connectivity index (χ3v) is 5.14. The molecule has 28 heavy (non-hydrogen) atoms. The van der Waals surface area contributed by atoms with Crippen LogP contribution in [-0.4, -0.2) is 18.3 Å². The predicted octanol–water partition coefficient (Wildman–Crippen LogP) is 5.59. The van der Waals surface area contributed by atoms with E-state index in [0.29, 0.717) is 6.67 Å². The van der Waals surface area contributed by atoms with Crippen LogP contribution in [0.4, 0.5) is 5.69 Å². The van der Waals surface area contributed by atoms with E-state index < -0.39 is 0 Å². The van der Waals surface area contributed by atoms with Crippen LogP contribution in [-0.2, 0) is 0 Å². The molecule has 4 rings (SSSR count). The second-order valence-corrected chi connectivity index (χ2v) is 7.46. The fourth-order valence-electron chi connectivity index (χ4n) is 3.69. The Hall–Kier alpha value is -3.20. The van der Waals surface area contributed by atoms with Gasteiger partial charge in [-0.05, 0) is 51.0 Å². The highest BCUT2D eigenvalue weighted by Crippen LogP contribution is 2.24. The summed E-state index contributed by atoms with van der Waals surface area (Å²) in [5, 5.41) is 0. The van der Waals surface area contributed by atoms with E-state index in [2.05, 4.69) is 93.3 Å². The topological polar surface area (TPSA) is 28.0 Å². The minimum atomic E-state index is 0.554. The van der Waals surface area contributed by atoms with E-state index in [-0.39, 0.29) is 0 Å². The summed E-state index contributed by atoms with van der Waals surface area (Å²) in [6.45, 7) is 9.06. The van der Waals surface area contributed by atoms with Crippen molar-refractivity contribution >= 4 is 17.4 Å². The summed E-state index contributed by atoms with van der Waals surface area (Å²) in [5.74, 6) is 1.76. The summed E-state index contributed by atoms with van der Waals surface area (Å²) in [6, 6.07) is 23.3. The fraction of sp³-hybridized carbons (Fsp3) is 0.200. The van der Waals surface area contributed by atoms with Gasteiger partial charge in [0.05, 0.1) is 0 Å². The van der Waals surface area contributed by atoms with E-state index in [9.17, 15) is 0 Å². The van der Waals surface area contributed by atoms with Crippen molar-refractivity contribution in [2.24, 2.45) is 9.98 Å². The minimum absolute atomic E-state index is 0.554. The number of nitrogens with zero attached hydrogens (tertiary/aromatic N) is 3. The highest BCUT2D eigenvalue weighted by molar-refractivity contribution is 6.19. The number of benzene rings is 3. The Morgan fingerprint density at radius 2 is 1.32 bits per heavy atom. The summed E-state index contributed by atoms with van der Waals surface area (Å²) >= 11 is 0. The highest BCUT2D eigenvalue weighted by atomic mass is 15.3. The van der Waals surface area contributed by atoms with Crippen molar-refractivity contribution < 1.29 is 0 Å². The number of rotatable bonds is 3. The molecular formula is C25H25N3. The van der Waals surface area contributed by atoms with E-state index in [4.69, 9.17) is 9.98 Å². The van der Waals surface area contributed by atoms with Crippen LogP contribution >= 0.6 is 0 Å². The molecule has 1 heterocycles. The van der Waals surface area contributed by atoms with Gasteiger partial charge in [-0.3, -0.25) is 0 Å². The number of amidine groups is 2. The van der Waals surface area contributed by atoms with Crippen LogP contribution in [0.3, 0.4) is 0 Å². The molecule has 3 nitrogen and oxygen atoms in total. The molecule has 0 aromatic heterocycles. The van der Waals surface area contributed by atoms with Crippen molar-refractivity contribution in [3.8, 4) is 0 Å². The number of aliphatic imine (C=N–C) groups is 2. The Morgan fingerprint density at radius 1 is 0.714 bits per heavy atom. The van der Waals surface area contributed by atoms with Crippen LogP contribution in [0, 0.1) is 27.7 Å². The molecule has 3 aromatic carbocycles. The number of para-hydroxylation sites is 1. The first kappa shape index (κ1) is 18.2. The Labute approximate surface area is 167 Å².